The van der Waals surface area contributed by atoms with Gasteiger partial charge in [-0.05, 0) is 47.4 Å². The Kier molecular flexibility index (Phi) is 5.28. The van der Waals surface area contributed by atoms with Crippen LogP contribution in [0.1, 0.15) is 44.2 Å². The Labute approximate surface area is 164 Å². The zero-order chi connectivity index (χ0) is 20.7. The van der Waals surface area contributed by atoms with Crippen molar-refractivity contribution in [2.45, 2.75) is 38.0 Å². The lowest BCUT2D eigenvalue weighted by Crippen LogP contribution is -2.16. The molecular formula is C22H22F2O3S. The first-order valence-electron chi connectivity index (χ1n) is 9.10. The summed E-state index contributed by atoms with van der Waals surface area (Å²) in [7, 11) is -3.34. The van der Waals surface area contributed by atoms with Crippen LogP contribution in [0.25, 0.3) is 11.1 Å². The van der Waals surface area contributed by atoms with Gasteiger partial charge in [0, 0.05) is 23.7 Å². The van der Waals surface area contributed by atoms with Crippen LogP contribution in [0.4, 0.5) is 8.78 Å². The summed E-state index contributed by atoms with van der Waals surface area (Å²) in [6.07, 6.45) is 3.00. The average Bonchev–Trinajstić information content (AvgIpc) is 2.87. The van der Waals surface area contributed by atoms with Crippen molar-refractivity contribution in [1.82, 2.24) is 0 Å². The average molecular weight is 404 g/mol. The molecule has 1 aliphatic carbocycles. The molecule has 0 N–H and O–H groups in total. The molecule has 6 heteroatoms. The van der Waals surface area contributed by atoms with E-state index in [2.05, 4.69) is 0 Å². The van der Waals surface area contributed by atoms with Crippen LogP contribution in [0.5, 0.6) is 0 Å². The van der Waals surface area contributed by atoms with Gasteiger partial charge in [-0.25, -0.2) is 17.2 Å². The highest BCUT2D eigenvalue weighted by molar-refractivity contribution is 7.90. The number of halogens is 2. The van der Waals surface area contributed by atoms with E-state index in [4.69, 9.17) is 0 Å². The number of carbonyl (C=O) groups is 1. The monoisotopic (exact) mass is 404 g/mol. The van der Waals surface area contributed by atoms with E-state index in [0.717, 1.165) is 36.8 Å². The molecule has 1 aliphatic rings. The number of rotatable bonds is 5. The molecule has 0 spiro atoms. The van der Waals surface area contributed by atoms with Gasteiger partial charge in [0.1, 0.15) is 0 Å². The van der Waals surface area contributed by atoms with E-state index in [-0.39, 0.29) is 17.1 Å². The van der Waals surface area contributed by atoms with Crippen molar-refractivity contribution < 1.29 is 22.0 Å². The molecule has 0 amide bonds. The fraction of sp³-hybridized carbons (Fsp3) is 0.318. The van der Waals surface area contributed by atoms with E-state index < -0.39 is 26.9 Å². The standard InChI is InChI=1S/C22H22F2O3S/c1-4-11-22(2)13-19(25)20(15-7-10-17(23)18(24)12-15)21(22)14-5-8-16(9-6-14)28(3,26)27/h5-10,12H,4,11,13H2,1-3H3. The van der Waals surface area contributed by atoms with Gasteiger partial charge in [-0.3, -0.25) is 4.79 Å². The van der Waals surface area contributed by atoms with Crippen molar-refractivity contribution in [2.24, 2.45) is 5.41 Å². The topological polar surface area (TPSA) is 51.2 Å². The summed E-state index contributed by atoms with van der Waals surface area (Å²) in [5, 5.41) is 0. The summed E-state index contributed by atoms with van der Waals surface area (Å²) in [6.45, 7) is 4.01. The van der Waals surface area contributed by atoms with Crippen molar-refractivity contribution in [3.8, 4) is 0 Å². The van der Waals surface area contributed by atoms with Crippen LogP contribution < -0.4 is 0 Å². The zero-order valence-corrected chi connectivity index (χ0v) is 16.9. The lowest BCUT2D eigenvalue weighted by atomic mass is 9.76. The Morgan fingerprint density at radius 2 is 1.61 bits per heavy atom. The molecule has 0 saturated carbocycles. The number of ketones is 1. The van der Waals surface area contributed by atoms with E-state index in [1.165, 1.54) is 18.2 Å². The van der Waals surface area contributed by atoms with Gasteiger partial charge in [0.2, 0.25) is 0 Å². The second-order valence-electron chi connectivity index (χ2n) is 7.59. The van der Waals surface area contributed by atoms with Gasteiger partial charge in [-0.15, -0.1) is 0 Å². The molecule has 3 nitrogen and oxygen atoms in total. The molecule has 0 aromatic heterocycles. The smallest absolute Gasteiger partial charge is 0.175 e. The summed E-state index contributed by atoms with van der Waals surface area (Å²) in [6, 6.07) is 9.85. The first-order valence-corrected chi connectivity index (χ1v) is 11.0. The van der Waals surface area contributed by atoms with Crippen LogP contribution >= 0.6 is 0 Å². The molecule has 0 heterocycles. The summed E-state index contributed by atoms with van der Waals surface area (Å²) in [5.74, 6) is -2.09. The van der Waals surface area contributed by atoms with Gasteiger partial charge >= 0.3 is 0 Å². The molecule has 28 heavy (non-hydrogen) atoms. The highest BCUT2D eigenvalue weighted by Gasteiger charge is 2.42. The first-order chi connectivity index (χ1) is 13.1. The number of sulfone groups is 1. The summed E-state index contributed by atoms with van der Waals surface area (Å²) < 4.78 is 50.8. The number of hydrogen-bond acceptors (Lipinski definition) is 3. The van der Waals surface area contributed by atoms with Gasteiger partial charge in [-0.2, -0.15) is 0 Å². The molecule has 0 fully saturated rings. The second-order valence-corrected chi connectivity index (χ2v) is 9.60. The maximum absolute atomic E-state index is 13.8. The fourth-order valence-corrected chi connectivity index (χ4v) is 4.69. The van der Waals surface area contributed by atoms with Gasteiger partial charge in [0.05, 0.1) is 4.90 Å². The van der Waals surface area contributed by atoms with Crippen LogP contribution in [0, 0.1) is 17.0 Å². The lowest BCUT2D eigenvalue weighted by molar-refractivity contribution is -0.114. The summed E-state index contributed by atoms with van der Waals surface area (Å²) in [5.41, 5.74) is 1.73. The maximum atomic E-state index is 13.8. The van der Waals surface area contributed by atoms with E-state index >= 15 is 0 Å². The minimum absolute atomic E-state index is 0.121. The number of Topliss-reactive ketones (excluding diaryl/α,β-unsaturated/α-hetero) is 1. The normalized spacial score (nSPS) is 20.1. The molecule has 2 aromatic carbocycles. The van der Waals surface area contributed by atoms with Crippen molar-refractivity contribution in [2.75, 3.05) is 6.26 Å². The van der Waals surface area contributed by atoms with Crippen molar-refractivity contribution in [3.05, 3.63) is 65.2 Å². The molecule has 148 valence electrons. The zero-order valence-electron chi connectivity index (χ0n) is 16.1. The summed E-state index contributed by atoms with van der Waals surface area (Å²) in [4.78, 5) is 13.1. The molecule has 2 aromatic rings. The lowest BCUT2D eigenvalue weighted by Gasteiger charge is -2.27. The highest BCUT2D eigenvalue weighted by Crippen LogP contribution is 2.52. The fourth-order valence-electron chi connectivity index (χ4n) is 4.06. The molecule has 3 rings (SSSR count). The van der Waals surface area contributed by atoms with Crippen molar-refractivity contribution >= 4 is 26.8 Å². The van der Waals surface area contributed by atoms with Crippen LogP contribution in [-0.2, 0) is 14.6 Å². The number of allylic oxidation sites excluding steroid dienone is 2. The minimum atomic E-state index is -3.34. The molecule has 0 bridgehead atoms. The second kappa shape index (κ2) is 7.24. The van der Waals surface area contributed by atoms with E-state index in [1.54, 1.807) is 12.1 Å². The highest BCUT2D eigenvalue weighted by atomic mass is 32.2. The predicted molar refractivity (Wildman–Crippen MR) is 105 cm³/mol. The Hall–Kier alpha value is -2.34. The van der Waals surface area contributed by atoms with Gasteiger partial charge in [0.25, 0.3) is 0 Å². The Bertz CT molecular complexity index is 1070. The Balaban J connectivity index is 2.25. The van der Waals surface area contributed by atoms with Crippen molar-refractivity contribution in [1.29, 1.82) is 0 Å². The van der Waals surface area contributed by atoms with Crippen LogP contribution in [0.3, 0.4) is 0 Å². The third kappa shape index (κ3) is 3.65. The Morgan fingerprint density at radius 3 is 2.14 bits per heavy atom. The van der Waals surface area contributed by atoms with E-state index in [9.17, 15) is 22.0 Å². The predicted octanol–water partition coefficient (Wildman–Crippen LogP) is 5.06. The summed E-state index contributed by atoms with van der Waals surface area (Å²) >= 11 is 0. The maximum Gasteiger partial charge on any atom is 0.175 e. The molecule has 1 atom stereocenters. The molecule has 0 saturated heterocycles. The van der Waals surface area contributed by atoms with Gasteiger partial charge < -0.3 is 0 Å². The van der Waals surface area contributed by atoms with Gasteiger partial charge in [0.15, 0.2) is 27.3 Å². The van der Waals surface area contributed by atoms with Crippen LogP contribution in [0.2, 0.25) is 0 Å². The SMILES string of the molecule is CCCC1(C)CC(=O)C(c2ccc(F)c(F)c2)=C1c1ccc(S(C)(=O)=O)cc1. The third-order valence-corrected chi connectivity index (χ3v) is 6.39. The molecule has 0 radical (unpaired) electrons. The largest absolute Gasteiger partial charge is 0.294 e. The molecule has 1 unspecified atom stereocenters. The first kappa shape index (κ1) is 20.4. The molecule has 0 aliphatic heterocycles. The minimum Gasteiger partial charge on any atom is -0.294 e. The van der Waals surface area contributed by atoms with E-state index in [1.807, 2.05) is 13.8 Å². The van der Waals surface area contributed by atoms with Crippen LogP contribution in [-0.4, -0.2) is 20.5 Å². The van der Waals surface area contributed by atoms with Crippen molar-refractivity contribution in [3.63, 3.8) is 0 Å². The molecular weight excluding hydrogens is 382 g/mol. The van der Waals surface area contributed by atoms with Crippen LogP contribution in [0.15, 0.2) is 47.4 Å². The Morgan fingerprint density at radius 1 is 1.00 bits per heavy atom. The quantitative estimate of drug-likeness (QED) is 0.700. The number of carbonyl (C=O) groups excluding carboxylic acids is 1. The number of benzene rings is 2. The third-order valence-electron chi connectivity index (χ3n) is 5.26. The number of hydrogen-bond donors (Lipinski definition) is 0. The van der Waals surface area contributed by atoms with Gasteiger partial charge in [-0.1, -0.05) is 38.5 Å². The van der Waals surface area contributed by atoms with E-state index in [0.29, 0.717) is 16.7 Å².